The Morgan fingerprint density at radius 1 is 1.41 bits per heavy atom. The Balaban J connectivity index is 2.50. The minimum atomic E-state index is -3.14. The Hall–Kier alpha value is -0.270. The van der Waals surface area contributed by atoms with Crippen LogP contribution < -0.4 is 5.32 Å². The van der Waals surface area contributed by atoms with Crippen LogP contribution >= 0.6 is 0 Å². The van der Waals surface area contributed by atoms with Crippen LogP contribution in [0.1, 0.15) is 20.3 Å². The molecular formula is C10H19F2NO3S. The van der Waals surface area contributed by atoms with Crippen LogP contribution in [0.15, 0.2) is 0 Å². The molecule has 0 aromatic carbocycles. The van der Waals surface area contributed by atoms with Gasteiger partial charge in [-0.15, -0.1) is 0 Å². The van der Waals surface area contributed by atoms with E-state index in [1.54, 1.807) is 6.92 Å². The molecule has 1 saturated heterocycles. The SMILES string of the molecule is CCS(=O)(=O)C1CNCC(OCC(C)(F)F)C1. The lowest BCUT2D eigenvalue weighted by atomic mass is 10.1. The number of halogens is 2. The Labute approximate surface area is 101 Å². The van der Waals surface area contributed by atoms with Crippen LogP contribution in [0.2, 0.25) is 0 Å². The zero-order chi connectivity index (χ0) is 13.1. The third-order valence-electron chi connectivity index (χ3n) is 2.75. The summed E-state index contributed by atoms with van der Waals surface area (Å²) in [6.45, 7) is 2.49. The van der Waals surface area contributed by atoms with Crippen LogP contribution in [0.4, 0.5) is 8.78 Å². The van der Waals surface area contributed by atoms with Gasteiger partial charge in [0.25, 0.3) is 5.92 Å². The fraction of sp³-hybridized carbons (Fsp3) is 1.00. The fourth-order valence-electron chi connectivity index (χ4n) is 1.77. The first-order valence-corrected chi connectivity index (χ1v) is 7.38. The summed E-state index contributed by atoms with van der Waals surface area (Å²) in [5.74, 6) is -2.81. The number of piperidine rings is 1. The van der Waals surface area contributed by atoms with Crippen molar-refractivity contribution < 1.29 is 21.9 Å². The second-order valence-corrected chi connectivity index (χ2v) is 7.04. The van der Waals surface area contributed by atoms with Crippen molar-refractivity contribution in [2.75, 3.05) is 25.4 Å². The Morgan fingerprint density at radius 2 is 2.06 bits per heavy atom. The Bertz CT molecular complexity index is 340. The second-order valence-electron chi connectivity index (χ2n) is 4.47. The van der Waals surface area contributed by atoms with Gasteiger partial charge in [0, 0.05) is 25.8 Å². The van der Waals surface area contributed by atoms with E-state index in [0.717, 1.165) is 6.92 Å². The molecule has 7 heteroatoms. The highest BCUT2D eigenvalue weighted by Crippen LogP contribution is 2.18. The van der Waals surface area contributed by atoms with E-state index in [-0.39, 0.29) is 5.75 Å². The quantitative estimate of drug-likeness (QED) is 0.804. The summed E-state index contributed by atoms with van der Waals surface area (Å²) in [7, 11) is -3.14. The number of sulfone groups is 1. The molecule has 0 radical (unpaired) electrons. The normalized spacial score (nSPS) is 27.1. The van der Waals surface area contributed by atoms with E-state index in [0.29, 0.717) is 19.5 Å². The highest BCUT2D eigenvalue weighted by molar-refractivity contribution is 7.92. The number of ether oxygens (including phenoxy) is 1. The van der Waals surface area contributed by atoms with Gasteiger partial charge in [-0.1, -0.05) is 6.92 Å². The maximum Gasteiger partial charge on any atom is 0.268 e. The molecule has 0 saturated carbocycles. The Morgan fingerprint density at radius 3 is 2.59 bits per heavy atom. The standard InChI is InChI=1S/C10H19F2NO3S/c1-3-17(14,15)9-4-8(5-13-6-9)16-7-10(2,11)12/h8-9,13H,3-7H2,1-2H3. The monoisotopic (exact) mass is 271 g/mol. The number of hydrogen-bond acceptors (Lipinski definition) is 4. The molecule has 0 amide bonds. The number of rotatable bonds is 5. The highest BCUT2D eigenvalue weighted by Gasteiger charge is 2.32. The number of alkyl halides is 2. The average molecular weight is 271 g/mol. The first kappa shape index (κ1) is 14.8. The van der Waals surface area contributed by atoms with Crippen LogP contribution in [0.3, 0.4) is 0 Å². The van der Waals surface area contributed by atoms with Crippen LogP contribution in [0.5, 0.6) is 0 Å². The van der Waals surface area contributed by atoms with Crippen molar-refractivity contribution in [2.24, 2.45) is 0 Å². The van der Waals surface area contributed by atoms with Gasteiger partial charge in [0.2, 0.25) is 0 Å². The van der Waals surface area contributed by atoms with Crippen LogP contribution in [0, 0.1) is 0 Å². The Kier molecular flexibility index (Phi) is 4.86. The predicted octanol–water partition coefficient (Wildman–Crippen LogP) is 0.823. The molecule has 1 aliphatic rings. The molecule has 1 aliphatic heterocycles. The second kappa shape index (κ2) is 5.58. The third-order valence-corrected chi connectivity index (χ3v) is 4.93. The lowest BCUT2D eigenvalue weighted by molar-refractivity contribution is -0.0904. The van der Waals surface area contributed by atoms with E-state index in [2.05, 4.69) is 5.32 Å². The number of hydrogen-bond donors (Lipinski definition) is 1. The van der Waals surface area contributed by atoms with Crippen molar-refractivity contribution >= 4 is 9.84 Å². The van der Waals surface area contributed by atoms with Crippen LogP contribution in [-0.4, -0.2) is 51.1 Å². The van der Waals surface area contributed by atoms with Gasteiger partial charge in [0.1, 0.15) is 6.61 Å². The maximum atomic E-state index is 12.6. The summed E-state index contributed by atoms with van der Waals surface area (Å²) in [6.07, 6.45) is -0.167. The molecule has 2 unspecified atom stereocenters. The van der Waals surface area contributed by atoms with E-state index in [1.807, 2.05) is 0 Å². The van der Waals surface area contributed by atoms with Crippen molar-refractivity contribution in [3.05, 3.63) is 0 Å². The van der Waals surface area contributed by atoms with Crippen molar-refractivity contribution in [1.82, 2.24) is 5.32 Å². The van der Waals surface area contributed by atoms with Gasteiger partial charge in [0.05, 0.1) is 11.4 Å². The van der Waals surface area contributed by atoms with E-state index in [9.17, 15) is 17.2 Å². The number of nitrogens with one attached hydrogen (secondary N) is 1. The molecule has 102 valence electrons. The first-order valence-electron chi connectivity index (χ1n) is 5.66. The molecule has 0 spiro atoms. The lowest BCUT2D eigenvalue weighted by Crippen LogP contribution is -2.48. The van der Waals surface area contributed by atoms with Gasteiger partial charge in [-0.3, -0.25) is 0 Å². The maximum absolute atomic E-state index is 12.6. The summed E-state index contributed by atoms with van der Waals surface area (Å²) in [4.78, 5) is 0. The molecule has 1 N–H and O–H groups in total. The van der Waals surface area contributed by atoms with Crippen molar-refractivity contribution in [3.8, 4) is 0 Å². The summed E-state index contributed by atoms with van der Waals surface area (Å²) in [5.41, 5.74) is 0. The van der Waals surface area contributed by atoms with Gasteiger partial charge in [0.15, 0.2) is 9.84 Å². The molecule has 2 atom stereocenters. The lowest BCUT2D eigenvalue weighted by Gasteiger charge is -2.30. The summed E-state index contributed by atoms with van der Waals surface area (Å²) in [6, 6.07) is 0. The average Bonchev–Trinajstić information content (AvgIpc) is 2.26. The predicted molar refractivity (Wildman–Crippen MR) is 61.1 cm³/mol. The highest BCUT2D eigenvalue weighted by atomic mass is 32.2. The van der Waals surface area contributed by atoms with E-state index in [4.69, 9.17) is 4.74 Å². The molecule has 0 aromatic heterocycles. The molecule has 0 aromatic rings. The zero-order valence-electron chi connectivity index (χ0n) is 10.1. The topological polar surface area (TPSA) is 55.4 Å². The smallest absolute Gasteiger partial charge is 0.268 e. The molecule has 0 aliphatic carbocycles. The molecular weight excluding hydrogens is 252 g/mol. The summed E-state index contributed by atoms with van der Waals surface area (Å²) >= 11 is 0. The van der Waals surface area contributed by atoms with Gasteiger partial charge in [-0.25, -0.2) is 17.2 Å². The molecule has 1 rings (SSSR count). The van der Waals surface area contributed by atoms with Gasteiger partial charge in [-0.2, -0.15) is 0 Å². The molecule has 1 fully saturated rings. The van der Waals surface area contributed by atoms with Crippen LogP contribution in [-0.2, 0) is 14.6 Å². The van der Waals surface area contributed by atoms with E-state index >= 15 is 0 Å². The van der Waals surface area contributed by atoms with Gasteiger partial charge >= 0.3 is 0 Å². The van der Waals surface area contributed by atoms with Crippen molar-refractivity contribution in [2.45, 2.75) is 37.5 Å². The largest absolute Gasteiger partial charge is 0.371 e. The van der Waals surface area contributed by atoms with Crippen molar-refractivity contribution in [1.29, 1.82) is 0 Å². The molecule has 1 heterocycles. The first-order chi connectivity index (χ1) is 7.74. The van der Waals surface area contributed by atoms with E-state index < -0.39 is 33.7 Å². The van der Waals surface area contributed by atoms with Crippen molar-refractivity contribution in [3.63, 3.8) is 0 Å². The zero-order valence-corrected chi connectivity index (χ0v) is 10.9. The van der Waals surface area contributed by atoms with E-state index in [1.165, 1.54) is 0 Å². The third kappa shape index (κ3) is 4.85. The minimum absolute atomic E-state index is 0.0655. The van der Waals surface area contributed by atoms with Gasteiger partial charge in [-0.05, 0) is 6.42 Å². The minimum Gasteiger partial charge on any atom is -0.371 e. The molecule has 0 bridgehead atoms. The van der Waals surface area contributed by atoms with Crippen LogP contribution in [0.25, 0.3) is 0 Å². The fourth-order valence-corrected chi connectivity index (χ4v) is 3.12. The molecule has 4 nitrogen and oxygen atoms in total. The van der Waals surface area contributed by atoms with Gasteiger partial charge < -0.3 is 10.1 Å². The molecule has 17 heavy (non-hydrogen) atoms. The summed E-state index contributed by atoms with van der Waals surface area (Å²) in [5, 5.41) is 2.38. The summed E-state index contributed by atoms with van der Waals surface area (Å²) < 4.78 is 53.6.